The Hall–Kier alpha value is -1.88. The molecule has 0 bridgehead atoms. The van der Waals surface area contributed by atoms with Crippen LogP contribution in [0.25, 0.3) is 0 Å². The summed E-state index contributed by atoms with van der Waals surface area (Å²) in [5, 5.41) is 15.6. The van der Waals surface area contributed by atoms with Crippen molar-refractivity contribution in [2.45, 2.75) is 44.8 Å². The fraction of sp³-hybridized carbons (Fsp3) is 0.500. The molecule has 1 aliphatic rings. The minimum atomic E-state index is -0.984. The normalized spacial score (nSPS) is 20.8. The smallest absolute Gasteiger partial charge is 0.309 e. The topological polar surface area (TPSA) is 78.4 Å². The van der Waals surface area contributed by atoms with Crippen LogP contribution in [0.2, 0.25) is 0 Å². The van der Waals surface area contributed by atoms with Gasteiger partial charge in [0.05, 0.1) is 5.60 Å². The summed E-state index contributed by atoms with van der Waals surface area (Å²) in [5.41, 5.74) is 1.36. The summed E-state index contributed by atoms with van der Waals surface area (Å²) in [6.07, 6.45) is 1.85. The summed E-state index contributed by atoms with van der Waals surface area (Å²) in [6.45, 7) is 3.67. The molecule has 0 radical (unpaired) electrons. The molecule has 5 heteroatoms. The quantitative estimate of drug-likeness (QED) is 0.711. The number of aryl methyl sites for hydroxylation is 1. The predicted molar refractivity (Wildman–Crippen MR) is 79.7 cm³/mol. The number of aliphatic hydroxyl groups is 1. The van der Waals surface area contributed by atoms with Crippen molar-refractivity contribution in [3.8, 4) is 0 Å². The standard InChI is InChI=1S/C16H22N2O3/c1-11(2)18-15(20)14(19)17-10-16(21)8-7-12-5-3-4-6-13(12)9-16/h3-6,11,21H,7-10H2,1-2H3,(H,17,19)(H,18,20). The van der Waals surface area contributed by atoms with E-state index in [2.05, 4.69) is 16.7 Å². The van der Waals surface area contributed by atoms with Gasteiger partial charge in [-0.3, -0.25) is 9.59 Å². The maximum Gasteiger partial charge on any atom is 0.309 e. The molecule has 0 saturated heterocycles. The van der Waals surface area contributed by atoms with E-state index in [0.717, 1.165) is 12.0 Å². The molecule has 1 unspecified atom stereocenters. The molecule has 0 fully saturated rings. The van der Waals surface area contributed by atoms with Crippen molar-refractivity contribution in [3.05, 3.63) is 35.4 Å². The number of nitrogens with one attached hydrogen (secondary N) is 2. The SMILES string of the molecule is CC(C)NC(=O)C(=O)NCC1(O)CCc2ccccc2C1. The second-order valence-electron chi connectivity index (χ2n) is 5.98. The number of amides is 2. The number of benzene rings is 1. The maximum absolute atomic E-state index is 11.7. The Kier molecular flexibility index (Phi) is 4.63. The van der Waals surface area contributed by atoms with Crippen molar-refractivity contribution in [1.82, 2.24) is 10.6 Å². The van der Waals surface area contributed by atoms with E-state index >= 15 is 0 Å². The summed E-state index contributed by atoms with van der Waals surface area (Å²) in [6, 6.07) is 7.89. The average Bonchev–Trinajstić information content (AvgIpc) is 2.44. The third-order valence-corrected chi connectivity index (χ3v) is 3.70. The van der Waals surface area contributed by atoms with Crippen LogP contribution in [-0.4, -0.2) is 35.1 Å². The van der Waals surface area contributed by atoms with Gasteiger partial charge in [0.25, 0.3) is 0 Å². The van der Waals surface area contributed by atoms with Gasteiger partial charge in [-0.2, -0.15) is 0 Å². The monoisotopic (exact) mass is 290 g/mol. The van der Waals surface area contributed by atoms with Gasteiger partial charge in [0, 0.05) is 19.0 Å². The van der Waals surface area contributed by atoms with Crippen molar-refractivity contribution in [2.75, 3.05) is 6.54 Å². The summed E-state index contributed by atoms with van der Waals surface area (Å²) >= 11 is 0. The summed E-state index contributed by atoms with van der Waals surface area (Å²) in [5.74, 6) is -1.36. The molecule has 1 aromatic rings. The maximum atomic E-state index is 11.7. The molecule has 3 N–H and O–H groups in total. The fourth-order valence-electron chi connectivity index (χ4n) is 2.59. The van der Waals surface area contributed by atoms with Gasteiger partial charge in [0.15, 0.2) is 0 Å². The number of carbonyl (C=O) groups excluding carboxylic acids is 2. The van der Waals surface area contributed by atoms with Crippen molar-refractivity contribution in [3.63, 3.8) is 0 Å². The second-order valence-corrected chi connectivity index (χ2v) is 5.98. The van der Waals surface area contributed by atoms with Crippen LogP contribution in [0, 0.1) is 0 Å². The molecular formula is C16H22N2O3. The molecule has 5 nitrogen and oxygen atoms in total. The van der Waals surface area contributed by atoms with Crippen LogP contribution in [0.3, 0.4) is 0 Å². The highest BCUT2D eigenvalue weighted by Gasteiger charge is 2.32. The van der Waals surface area contributed by atoms with E-state index in [1.54, 1.807) is 13.8 Å². The van der Waals surface area contributed by atoms with Gasteiger partial charge in [-0.25, -0.2) is 0 Å². The van der Waals surface area contributed by atoms with Gasteiger partial charge in [-0.15, -0.1) is 0 Å². The molecule has 21 heavy (non-hydrogen) atoms. The Labute approximate surface area is 124 Å². The van der Waals surface area contributed by atoms with Gasteiger partial charge >= 0.3 is 11.8 Å². The van der Waals surface area contributed by atoms with Gasteiger partial charge in [0.1, 0.15) is 0 Å². The largest absolute Gasteiger partial charge is 0.388 e. The molecule has 1 atom stereocenters. The summed E-state index contributed by atoms with van der Waals surface area (Å²) < 4.78 is 0. The fourth-order valence-corrected chi connectivity index (χ4v) is 2.59. The second kappa shape index (κ2) is 6.26. The Morgan fingerprint density at radius 1 is 1.24 bits per heavy atom. The van der Waals surface area contributed by atoms with Gasteiger partial charge < -0.3 is 15.7 Å². The van der Waals surface area contributed by atoms with Crippen LogP contribution < -0.4 is 10.6 Å². The molecule has 0 aliphatic heterocycles. The molecule has 1 aromatic carbocycles. The van der Waals surface area contributed by atoms with Crippen molar-refractivity contribution in [2.24, 2.45) is 0 Å². The minimum Gasteiger partial charge on any atom is -0.388 e. The van der Waals surface area contributed by atoms with Gasteiger partial charge in [0.2, 0.25) is 0 Å². The number of rotatable bonds is 3. The Morgan fingerprint density at radius 3 is 2.57 bits per heavy atom. The first-order chi connectivity index (χ1) is 9.89. The van der Waals surface area contributed by atoms with Crippen LogP contribution in [0.1, 0.15) is 31.4 Å². The molecule has 2 amide bonds. The third kappa shape index (κ3) is 4.04. The molecule has 0 spiro atoms. The lowest BCUT2D eigenvalue weighted by Gasteiger charge is -2.33. The van der Waals surface area contributed by atoms with Crippen LogP contribution in [0.4, 0.5) is 0 Å². The number of hydrogen-bond acceptors (Lipinski definition) is 3. The first-order valence-corrected chi connectivity index (χ1v) is 7.27. The van der Waals surface area contributed by atoms with Gasteiger partial charge in [-0.05, 0) is 37.8 Å². The van der Waals surface area contributed by atoms with E-state index in [-0.39, 0.29) is 12.6 Å². The van der Waals surface area contributed by atoms with E-state index in [0.29, 0.717) is 12.8 Å². The average molecular weight is 290 g/mol. The molecule has 0 saturated carbocycles. The van der Waals surface area contributed by atoms with E-state index in [1.807, 2.05) is 18.2 Å². The minimum absolute atomic E-state index is 0.0890. The highest BCUT2D eigenvalue weighted by molar-refractivity contribution is 6.35. The van der Waals surface area contributed by atoms with Crippen molar-refractivity contribution in [1.29, 1.82) is 0 Å². The summed E-state index contributed by atoms with van der Waals surface area (Å²) in [7, 11) is 0. The highest BCUT2D eigenvalue weighted by Crippen LogP contribution is 2.28. The molecule has 114 valence electrons. The highest BCUT2D eigenvalue weighted by atomic mass is 16.3. The van der Waals surface area contributed by atoms with E-state index in [1.165, 1.54) is 5.56 Å². The lowest BCUT2D eigenvalue weighted by atomic mass is 9.80. The van der Waals surface area contributed by atoms with Crippen LogP contribution in [0.5, 0.6) is 0 Å². The van der Waals surface area contributed by atoms with E-state index < -0.39 is 17.4 Å². The lowest BCUT2D eigenvalue weighted by Crippen LogP contribution is -2.50. The predicted octanol–water partition coefficient (Wildman–Crippen LogP) is 0.547. The van der Waals surface area contributed by atoms with Crippen molar-refractivity contribution >= 4 is 11.8 Å². The van der Waals surface area contributed by atoms with Crippen molar-refractivity contribution < 1.29 is 14.7 Å². The zero-order chi connectivity index (χ0) is 15.5. The molecule has 0 heterocycles. The zero-order valence-corrected chi connectivity index (χ0v) is 12.5. The Balaban J connectivity index is 1.92. The van der Waals surface area contributed by atoms with Crippen LogP contribution >= 0.6 is 0 Å². The van der Waals surface area contributed by atoms with E-state index in [4.69, 9.17) is 0 Å². The van der Waals surface area contributed by atoms with Gasteiger partial charge in [-0.1, -0.05) is 24.3 Å². The lowest BCUT2D eigenvalue weighted by molar-refractivity contribution is -0.140. The number of hydrogen-bond donors (Lipinski definition) is 3. The molecular weight excluding hydrogens is 268 g/mol. The Bertz CT molecular complexity index is 542. The zero-order valence-electron chi connectivity index (χ0n) is 12.5. The molecule has 1 aliphatic carbocycles. The van der Waals surface area contributed by atoms with Crippen LogP contribution in [-0.2, 0) is 22.4 Å². The Morgan fingerprint density at radius 2 is 1.90 bits per heavy atom. The molecule has 2 rings (SSSR count). The molecule has 0 aromatic heterocycles. The third-order valence-electron chi connectivity index (χ3n) is 3.70. The number of fused-ring (bicyclic) bond motifs is 1. The number of carbonyl (C=O) groups is 2. The first-order valence-electron chi connectivity index (χ1n) is 7.27. The van der Waals surface area contributed by atoms with E-state index in [9.17, 15) is 14.7 Å². The first kappa shape index (κ1) is 15.5. The summed E-state index contributed by atoms with van der Waals surface area (Å²) in [4.78, 5) is 23.2. The van der Waals surface area contributed by atoms with Crippen LogP contribution in [0.15, 0.2) is 24.3 Å².